The van der Waals surface area contributed by atoms with Gasteiger partial charge in [-0.2, -0.15) is 0 Å². The zero-order valence-corrected chi connectivity index (χ0v) is 11.2. The van der Waals surface area contributed by atoms with Crippen molar-refractivity contribution in [1.82, 2.24) is 4.98 Å². The molecule has 0 saturated carbocycles. The summed E-state index contributed by atoms with van der Waals surface area (Å²) in [6, 6.07) is 8.94. The Bertz CT molecular complexity index is 555. The maximum atomic E-state index is 5.96. The molecule has 5 heteroatoms. The summed E-state index contributed by atoms with van der Waals surface area (Å²) in [7, 11) is 0. The van der Waals surface area contributed by atoms with Crippen molar-refractivity contribution >= 4 is 46.3 Å². The van der Waals surface area contributed by atoms with Crippen molar-refractivity contribution in [3.63, 3.8) is 0 Å². The number of halogens is 3. The van der Waals surface area contributed by atoms with E-state index in [0.29, 0.717) is 21.0 Å². The van der Waals surface area contributed by atoms with Crippen LogP contribution in [0.25, 0.3) is 0 Å². The quantitative estimate of drug-likeness (QED) is 0.778. The monoisotopic (exact) mass is 286 g/mol. The molecule has 0 fully saturated rings. The Morgan fingerprint density at radius 2 is 1.76 bits per heavy atom. The number of hydrogen-bond acceptors (Lipinski definition) is 2. The Balaban J connectivity index is 2.33. The van der Waals surface area contributed by atoms with Gasteiger partial charge in [-0.15, -0.1) is 0 Å². The van der Waals surface area contributed by atoms with Crippen LogP contribution in [0.2, 0.25) is 15.2 Å². The van der Waals surface area contributed by atoms with Gasteiger partial charge in [0.2, 0.25) is 0 Å². The van der Waals surface area contributed by atoms with Crippen molar-refractivity contribution in [3.8, 4) is 0 Å². The molecule has 17 heavy (non-hydrogen) atoms. The van der Waals surface area contributed by atoms with Crippen molar-refractivity contribution in [2.45, 2.75) is 6.92 Å². The number of anilines is 2. The molecule has 0 aliphatic rings. The molecule has 1 aromatic heterocycles. The fourth-order valence-electron chi connectivity index (χ4n) is 1.40. The number of nitrogens with zero attached hydrogens (tertiary/aromatic N) is 1. The smallest absolute Gasteiger partial charge is 0.132 e. The fourth-order valence-corrected chi connectivity index (χ4v) is 1.94. The minimum atomic E-state index is 0.438. The molecule has 0 aliphatic heterocycles. The third-order valence-electron chi connectivity index (χ3n) is 2.25. The van der Waals surface area contributed by atoms with Gasteiger partial charge in [-0.05, 0) is 36.8 Å². The number of aromatic nitrogens is 1. The molecule has 1 heterocycles. The van der Waals surface area contributed by atoms with Crippen LogP contribution < -0.4 is 5.32 Å². The summed E-state index contributed by atoms with van der Waals surface area (Å²) >= 11 is 17.7. The fraction of sp³-hybridized carbons (Fsp3) is 0.0833. The first-order valence-corrected chi connectivity index (χ1v) is 6.05. The van der Waals surface area contributed by atoms with E-state index in [1.165, 1.54) is 0 Å². The average Bonchev–Trinajstić information content (AvgIpc) is 2.26. The number of hydrogen-bond donors (Lipinski definition) is 1. The zero-order valence-electron chi connectivity index (χ0n) is 8.97. The van der Waals surface area contributed by atoms with Gasteiger partial charge in [0.1, 0.15) is 11.0 Å². The maximum Gasteiger partial charge on any atom is 0.132 e. The number of pyridine rings is 1. The first-order valence-electron chi connectivity index (χ1n) is 4.91. The standard InChI is InChI=1S/C12H9Cl3N2/c1-7-5-8(13)9(14)6-10(7)16-12-4-2-3-11(15)17-12/h2-6H,1H3,(H,16,17). The average molecular weight is 288 g/mol. The molecule has 0 atom stereocenters. The lowest BCUT2D eigenvalue weighted by atomic mass is 10.2. The molecule has 0 radical (unpaired) electrons. The summed E-state index contributed by atoms with van der Waals surface area (Å²) < 4.78 is 0. The van der Waals surface area contributed by atoms with Crippen LogP contribution in [0.5, 0.6) is 0 Å². The summed E-state index contributed by atoms with van der Waals surface area (Å²) in [6.45, 7) is 1.94. The van der Waals surface area contributed by atoms with Gasteiger partial charge in [0.15, 0.2) is 0 Å². The lowest BCUT2D eigenvalue weighted by molar-refractivity contribution is 1.30. The number of aryl methyl sites for hydroxylation is 1. The van der Waals surface area contributed by atoms with Crippen molar-refractivity contribution in [2.75, 3.05) is 5.32 Å². The molecule has 0 unspecified atom stereocenters. The molecule has 2 aromatic rings. The Hall–Kier alpha value is -0.960. The SMILES string of the molecule is Cc1cc(Cl)c(Cl)cc1Nc1cccc(Cl)n1. The van der Waals surface area contributed by atoms with E-state index in [-0.39, 0.29) is 0 Å². The van der Waals surface area contributed by atoms with Crippen LogP contribution in [-0.2, 0) is 0 Å². The van der Waals surface area contributed by atoms with Crippen LogP contribution in [0.15, 0.2) is 30.3 Å². The minimum Gasteiger partial charge on any atom is -0.340 e. The maximum absolute atomic E-state index is 5.96. The van der Waals surface area contributed by atoms with Crippen LogP contribution in [0.4, 0.5) is 11.5 Å². The van der Waals surface area contributed by atoms with Crippen molar-refractivity contribution in [2.24, 2.45) is 0 Å². The molecule has 0 saturated heterocycles. The van der Waals surface area contributed by atoms with Gasteiger partial charge in [-0.25, -0.2) is 4.98 Å². The second-order valence-electron chi connectivity index (χ2n) is 3.55. The van der Waals surface area contributed by atoms with E-state index in [1.807, 2.05) is 19.1 Å². The Morgan fingerprint density at radius 1 is 1.06 bits per heavy atom. The third kappa shape index (κ3) is 3.03. The molecule has 1 aromatic carbocycles. The molecule has 88 valence electrons. The van der Waals surface area contributed by atoms with E-state index in [0.717, 1.165) is 11.3 Å². The third-order valence-corrected chi connectivity index (χ3v) is 3.18. The second kappa shape index (κ2) is 5.13. The first-order chi connectivity index (χ1) is 8.06. The van der Waals surface area contributed by atoms with Crippen molar-refractivity contribution in [1.29, 1.82) is 0 Å². The van der Waals surface area contributed by atoms with Gasteiger partial charge in [-0.1, -0.05) is 40.9 Å². The van der Waals surface area contributed by atoms with Crippen LogP contribution in [0.1, 0.15) is 5.56 Å². The van der Waals surface area contributed by atoms with Gasteiger partial charge in [0.05, 0.1) is 10.0 Å². The summed E-state index contributed by atoms with van der Waals surface area (Å²) in [5.41, 5.74) is 1.84. The molecule has 0 aliphatic carbocycles. The van der Waals surface area contributed by atoms with E-state index < -0.39 is 0 Å². The number of nitrogens with one attached hydrogen (secondary N) is 1. The predicted molar refractivity (Wildman–Crippen MR) is 73.7 cm³/mol. The molecule has 0 amide bonds. The summed E-state index contributed by atoms with van der Waals surface area (Å²) in [5.74, 6) is 0.666. The highest BCUT2D eigenvalue weighted by atomic mass is 35.5. The summed E-state index contributed by atoms with van der Waals surface area (Å²) in [4.78, 5) is 4.14. The van der Waals surface area contributed by atoms with Crippen LogP contribution >= 0.6 is 34.8 Å². The first kappa shape index (κ1) is 12.5. The van der Waals surface area contributed by atoms with Gasteiger partial charge in [0, 0.05) is 5.69 Å². The van der Waals surface area contributed by atoms with Crippen molar-refractivity contribution < 1.29 is 0 Å². The van der Waals surface area contributed by atoms with E-state index in [1.54, 1.807) is 18.2 Å². The lowest BCUT2D eigenvalue weighted by Crippen LogP contribution is -1.95. The van der Waals surface area contributed by atoms with E-state index in [2.05, 4.69) is 10.3 Å². The predicted octanol–water partition coefficient (Wildman–Crippen LogP) is 5.09. The topological polar surface area (TPSA) is 24.9 Å². The Kier molecular flexibility index (Phi) is 3.77. The Labute approximate surface area is 115 Å². The van der Waals surface area contributed by atoms with E-state index in [9.17, 15) is 0 Å². The van der Waals surface area contributed by atoms with Gasteiger partial charge in [0.25, 0.3) is 0 Å². The van der Waals surface area contributed by atoms with E-state index >= 15 is 0 Å². The second-order valence-corrected chi connectivity index (χ2v) is 4.75. The Morgan fingerprint density at radius 3 is 2.47 bits per heavy atom. The highest BCUT2D eigenvalue weighted by Gasteiger charge is 2.05. The molecular formula is C12H9Cl3N2. The summed E-state index contributed by atoms with van der Waals surface area (Å²) in [6.07, 6.45) is 0. The highest BCUT2D eigenvalue weighted by molar-refractivity contribution is 6.42. The highest BCUT2D eigenvalue weighted by Crippen LogP contribution is 2.30. The largest absolute Gasteiger partial charge is 0.340 e. The molecule has 2 rings (SSSR count). The normalized spacial score (nSPS) is 10.4. The van der Waals surface area contributed by atoms with E-state index in [4.69, 9.17) is 34.8 Å². The van der Waals surface area contributed by atoms with Gasteiger partial charge < -0.3 is 5.32 Å². The number of rotatable bonds is 2. The van der Waals surface area contributed by atoms with Crippen LogP contribution in [0.3, 0.4) is 0 Å². The summed E-state index contributed by atoms with van der Waals surface area (Å²) in [5, 5.41) is 4.62. The van der Waals surface area contributed by atoms with Gasteiger partial charge in [-0.3, -0.25) is 0 Å². The minimum absolute atomic E-state index is 0.438. The lowest BCUT2D eigenvalue weighted by Gasteiger charge is -2.10. The molecule has 0 spiro atoms. The van der Waals surface area contributed by atoms with Crippen LogP contribution in [0, 0.1) is 6.92 Å². The molecule has 1 N–H and O–H groups in total. The number of benzene rings is 1. The van der Waals surface area contributed by atoms with Crippen molar-refractivity contribution in [3.05, 3.63) is 51.1 Å². The van der Waals surface area contributed by atoms with Gasteiger partial charge >= 0.3 is 0 Å². The molecular weight excluding hydrogens is 279 g/mol. The van der Waals surface area contributed by atoms with Crippen LogP contribution in [-0.4, -0.2) is 4.98 Å². The zero-order chi connectivity index (χ0) is 12.4. The molecule has 0 bridgehead atoms. The molecule has 2 nitrogen and oxygen atoms in total.